The molecule has 0 N–H and O–H groups in total. The van der Waals surface area contributed by atoms with E-state index in [9.17, 15) is 4.79 Å². The van der Waals surface area contributed by atoms with E-state index in [1.165, 1.54) is 0 Å². The predicted molar refractivity (Wildman–Crippen MR) is 76.9 cm³/mol. The molecule has 0 radical (unpaired) electrons. The van der Waals surface area contributed by atoms with Crippen molar-refractivity contribution in [2.45, 2.75) is 19.8 Å². The Bertz CT molecular complexity index is 493. The number of allylic oxidation sites excluding steroid dienone is 1. The molecule has 19 heavy (non-hydrogen) atoms. The fourth-order valence-electron chi connectivity index (χ4n) is 2.35. The highest BCUT2D eigenvalue weighted by Crippen LogP contribution is 2.30. The average molecular weight is 280 g/mol. The minimum absolute atomic E-state index is 0.256. The summed E-state index contributed by atoms with van der Waals surface area (Å²) in [4.78, 5) is 14.3. The van der Waals surface area contributed by atoms with Crippen LogP contribution in [-0.2, 0) is 9.53 Å². The minimum atomic E-state index is -0.256. The molecule has 1 aromatic rings. The summed E-state index contributed by atoms with van der Waals surface area (Å²) < 4.78 is 5.19. The lowest BCUT2D eigenvalue weighted by molar-refractivity contribution is -0.136. The number of esters is 1. The molecule has 1 aromatic carbocycles. The van der Waals surface area contributed by atoms with E-state index in [0.717, 1.165) is 30.6 Å². The molecule has 0 spiro atoms. The van der Waals surface area contributed by atoms with Gasteiger partial charge in [-0.25, -0.2) is 4.79 Å². The number of halogens is 1. The molecule has 0 aliphatic carbocycles. The standard InChI is InChI=1S/C15H18ClNO2/c1-3-19-15(18)14(13-5-4-10-17(13)2)11-6-8-12(16)9-7-11/h6-9H,3-5,10H2,1-2H3/b14-13-. The van der Waals surface area contributed by atoms with Crippen molar-refractivity contribution in [2.24, 2.45) is 0 Å². The highest BCUT2D eigenvalue weighted by molar-refractivity contribution is 6.30. The third kappa shape index (κ3) is 3.10. The van der Waals surface area contributed by atoms with Gasteiger partial charge in [0.15, 0.2) is 0 Å². The van der Waals surface area contributed by atoms with Crippen molar-refractivity contribution < 1.29 is 9.53 Å². The Morgan fingerprint density at radius 2 is 2.05 bits per heavy atom. The summed E-state index contributed by atoms with van der Waals surface area (Å²) in [5.41, 5.74) is 2.59. The SMILES string of the molecule is CCOC(=O)/C(=C1/CCCN1C)c1ccc(Cl)cc1. The topological polar surface area (TPSA) is 29.5 Å². The molecule has 102 valence electrons. The van der Waals surface area contributed by atoms with Crippen LogP contribution in [-0.4, -0.2) is 31.1 Å². The number of ether oxygens (including phenoxy) is 1. The first-order valence-corrected chi connectivity index (χ1v) is 6.88. The van der Waals surface area contributed by atoms with Gasteiger partial charge in [0, 0.05) is 24.3 Å². The molecule has 1 fully saturated rings. The van der Waals surface area contributed by atoms with Crippen molar-refractivity contribution in [1.29, 1.82) is 0 Å². The molecule has 1 heterocycles. The molecule has 3 nitrogen and oxygen atoms in total. The van der Waals surface area contributed by atoms with Gasteiger partial charge in [0.1, 0.15) is 0 Å². The van der Waals surface area contributed by atoms with Crippen LogP contribution in [0.4, 0.5) is 0 Å². The Balaban J connectivity index is 2.45. The summed E-state index contributed by atoms with van der Waals surface area (Å²) >= 11 is 5.90. The molecule has 1 saturated heterocycles. The van der Waals surface area contributed by atoms with Crippen LogP contribution in [0, 0.1) is 0 Å². The van der Waals surface area contributed by atoms with Crippen molar-refractivity contribution in [2.75, 3.05) is 20.2 Å². The monoisotopic (exact) mass is 279 g/mol. The summed E-state index contributed by atoms with van der Waals surface area (Å²) in [5.74, 6) is -0.256. The fourth-order valence-corrected chi connectivity index (χ4v) is 2.47. The zero-order valence-corrected chi connectivity index (χ0v) is 12.0. The molecule has 1 aliphatic rings. The molecular weight excluding hydrogens is 262 g/mol. The van der Waals surface area contributed by atoms with Crippen LogP contribution in [0.5, 0.6) is 0 Å². The average Bonchev–Trinajstić information content (AvgIpc) is 2.79. The van der Waals surface area contributed by atoms with Crippen molar-refractivity contribution in [3.63, 3.8) is 0 Å². The normalized spacial score (nSPS) is 17.5. The van der Waals surface area contributed by atoms with E-state index in [4.69, 9.17) is 16.3 Å². The first-order chi connectivity index (χ1) is 9.13. The number of nitrogens with zero attached hydrogens (tertiary/aromatic N) is 1. The van der Waals surface area contributed by atoms with Crippen molar-refractivity contribution in [1.82, 2.24) is 4.90 Å². The summed E-state index contributed by atoms with van der Waals surface area (Å²) in [5, 5.41) is 0.664. The fraction of sp³-hybridized carbons (Fsp3) is 0.400. The summed E-state index contributed by atoms with van der Waals surface area (Å²) in [6, 6.07) is 7.33. The Kier molecular flexibility index (Phi) is 4.48. The summed E-state index contributed by atoms with van der Waals surface area (Å²) in [6.45, 7) is 3.18. The molecule has 2 rings (SSSR count). The van der Waals surface area contributed by atoms with E-state index in [1.54, 1.807) is 12.1 Å². The van der Waals surface area contributed by atoms with Crippen LogP contribution in [0.1, 0.15) is 25.3 Å². The smallest absolute Gasteiger partial charge is 0.340 e. The van der Waals surface area contributed by atoms with Crippen LogP contribution < -0.4 is 0 Å². The lowest BCUT2D eigenvalue weighted by Gasteiger charge is -2.18. The van der Waals surface area contributed by atoms with E-state index in [0.29, 0.717) is 17.2 Å². The summed E-state index contributed by atoms with van der Waals surface area (Å²) in [6.07, 6.45) is 1.98. The van der Waals surface area contributed by atoms with E-state index in [1.807, 2.05) is 26.1 Å². The molecule has 0 atom stereocenters. The van der Waals surface area contributed by atoms with Gasteiger partial charge >= 0.3 is 5.97 Å². The molecule has 0 unspecified atom stereocenters. The molecule has 0 aromatic heterocycles. The maximum absolute atomic E-state index is 12.2. The van der Waals surface area contributed by atoms with Crippen molar-refractivity contribution >= 4 is 23.1 Å². The van der Waals surface area contributed by atoms with Gasteiger partial charge < -0.3 is 9.64 Å². The lowest BCUT2D eigenvalue weighted by atomic mass is 10.0. The van der Waals surface area contributed by atoms with E-state index < -0.39 is 0 Å². The summed E-state index contributed by atoms with van der Waals surface area (Å²) in [7, 11) is 2.01. The van der Waals surface area contributed by atoms with Crippen molar-refractivity contribution in [3.05, 3.63) is 40.5 Å². The first kappa shape index (κ1) is 13.9. The number of likely N-dealkylation sites (tertiary alicyclic amines) is 1. The highest BCUT2D eigenvalue weighted by atomic mass is 35.5. The molecular formula is C15H18ClNO2. The molecule has 0 bridgehead atoms. The van der Waals surface area contributed by atoms with Gasteiger partial charge in [-0.1, -0.05) is 23.7 Å². The van der Waals surface area contributed by atoms with Gasteiger partial charge in [0.2, 0.25) is 0 Å². The maximum atomic E-state index is 12.2. The Morgan fingerprint density at radius 1 is 1.37 bits per heavy atom. The van der Waals surface area contributed by atoms with Crippen LogP contribution in [0.2, 0.25) is 5.02 Å². The Labute approximate surface area is 118 Å². The quantitative estimate of drug-likeness (QED) is 0.628. The van der Waals surface area contributed by atoms with Gasteiger partial charge in [-0.15, -0.1) is 0 Å². The van der Waals surface area contributed by atoms with Gasteiger partial charge in [-0.3, -0.25) is 0 Å². The van der Waals surface area contributed by atoms with Gasteiger partial charge in [-0.2, -0.15) is 0 Å². The molecule has 0 saturated carbocycles. The third-order valence-corrected chi connectivity index (χ3v) is 3.52. The number of carbonyl (C=O) groups excluding carboxylic acids is 1. The first-order valence-electron chi connectivity index (χ1n) is 6.50. The van der Waals surface area contributed by atoms with E-state index in [2.05, 4.69) is 4.90 Å². The maximum Gasteiger partial charge on any atom is 0.340 e. The van der Waals surface area contributed by atoms with E-state index >= 15 is 0 Å². The van der Waals surface area contributed by atoms with Gasteiger partial charge in [-0.05, 0) is 37.5 Å². The number of hydrogen-bond acceptors (Lipinski definition) is 3. The zero-order chi connectivity index (χ0) is 13.8. The van der Waals surface area contributed by atoms with Gasteiger partial charge in [0.05, 0.1) is 12.2 Å². The van der Waals surface area contributed by atoms with Crippen LogP contribution in [0.15, 0.2) is 30.0 Å². The Hall–Kier alpha value is -1.48. The van der Waals surface area contributed by atoms with Crippen molar-refractivity contribution in [3.8, 4) is 0 Å². The molecule has 0 amide bonds. The number of carbonyl (C=O) groups is 1. The molecule has 1 aliphatic heterocycles. The highest BCUT2D eigenvalue weighted by Gasteiger charge is 2.24. The van der Waals surface area contributed by atoms with Crippen LogP contribution in [0.3, 0.4) is 0 Å². The predicted octanol–water partition coefficient (Wildman–Crippen LogP) is 3.34. The number of rotatable bonds is 3. The van der Waals surface area contributed by atoms with Crippen LogP contribution >= 0.6 is 11.6 Å². The number of hydrogen-bond donors (Lipinski definition) is 0. The van der Waals surface area contributed by atoms with Crippen LogP contribution in [0.25, 0.3) is 5.57 Å². The second-order valence-corrected chi connectivity index (χ2v) is 5.01. The minimum Gasteiger partial charge on any atom is -0.462 e. The lowest BCUT2D eigenvalue weighted by Crippen LogP contribution is -2.17. The largest absolute Gasteiger partial charge is 0.462 e. The molecule has 4 heteroatoms. The Morgan fingerprint density at radius 3 is 2.58 bits per heavy atom. The van der Waals surface area contributed by atoms with E-state index in [-0.39, 0.29) is 5.97 Å². The third-order valence-electron chi connectivity index (χ3n) is 3.27. The second kappa shape index (κ2) is 6.11. The second-order valence-electron chi connectivity index (χ2n) is 4.57. The number of benzene rings is 1. The van der Waals surface area contributed by atoms with Gasteiger partial charge in [0.25, 0.3) is 0 Å². The zero-order valence-electron chi connectivity index (χ0n) is 11.3.